The van der Waals surface area contributed by atoms with Crippen LogP contribution in [0.15, 0.2) is 23.2 Å². The molecule has 1 aromatic heterocycles. The summed E-state index contributed by atoms with van der Waals surface area (Å²) >= 11 is 5.52. The zero-order valence-electron chi connectivity index (χ0n) is 8.53. The lowest BCUT2D eigenvalue weighted by atomic mass is 9.89. The third kappa shape index (κ3) is 2.91. The van der Waals surface area contributed by atoms with Crippen molar-refractivity contribution in [3.63, 3.8) is 0 Å². The maximum atomic E-state index is 12.6. The number of nitrogens with one attached hydrogen (secondary N) is 1. The lowest BCUT2D eigenvalue weighted by Crippen LogP contribution is -2.50. The normalized spacial score (nSPS) is 19.9. The van der Waals surface area contributed by atoms with E-state index in [1.165, 1.54) is 12.1 Å². The van der Waals surface area contributed by atoms with Gasteiger partial charge in [-0.3, -0.25) is 0 Å². The number of sulfonamides is 1. The molecular formula is C9H9ClF2N2O2S. The Bertz CT molecular complexity index is 510. The van der Waals surface area contributed by atoms with E-state index in [1.54, 1.807) is 0 Å². The van der Waals surface area contributed by atoms with Crippen LogP contribution in [0.25, 0.3) is 0 Å². The van der Waals surface area contributed by atoms with Gasteiger partial charge in [0.1, 0.15) is 10.0 Å². The van der Waals surface area contributed by atoms with Gasteiger partial charge in [0, 0.05) is 25.1 Å². The van der Waals surface area contributed by atoms with Gasteiger partial charge in [0.25, 0.3) is 5.92 Å². The van der Waals surface area contributed by atoms with E-state index in [1.807, 2.05) is 0 Å². The zero-order valence-corrected chi connectivity index (χ0v) is 10.1. The Hall–Kier alpha value is -0.790. The van der Waals surface area contributed by atoms with E-state index in [-0.39, 0.29) is 10.0 Å². The highest BCUT2D eigenvalue weighted by Gasteiger charge is 2.46. The second-order valence-corrected chi connectivity index (χ2v) is 6.00. The van der Waals surface area contributed by atoms with E-state index in [9.17, 15) is 17.2 Å². The number of aromatic nitrogens is 1. The predicted octanol–water partition coefficient (Wildman–Crippen LogP) is 1.81. The smallest absolute Gasteiger partial charge is 0.243 e. The molecule has 0 amide bonds. The quantitative estimate of drug-likeness (QED) is 0.860. The zero-order chi connectivity index (χ0) is 12.7. The molecule has 1 aliphatic rings. The van der Waals surface area contributed by atoms with Crippen molar-refractivity contribution in [2.75, 3.05) is 0 Å². The first-order chi connectivity index (χ1) is 7.78. The molecule has 0 bridgehead atoms. The van der Waals surface area contributed by atoms with Crippen LogP contribution < -0.4 is 4.72 Å². The van der Waals surface area contributed by atoms with E-state index in [4.69, 9.17) is 11.6 Å². The number of hydrogen-bond donors (Lipinski definition) is 1. The molecule has 1 saturated carbocycles. The summed E-state index contributed by atoms with van der Waals surface area (Å²) in [7, 11) is -3.79. The van der Waals surface area contributed by atoms with E-state index in [2.05, 4.69) is 9.71 Å². The molecule has 0 aromatic carbocycles. The van der Waals surface area contributed by atoms with Crippen LogP contribution >= 0.6 is 11.6 Å². The van der Waals surface area contributed by atoms with Crippen molar-refractivity contribution >= 4 is 21.6 Å². The van der Waals surface area contributed by atoms with Gasteiger partial charge in [-0.2, -0.15) is 0 Å². The summed E-state index contributed by atoms with van der Waals surface area (Å²) in [5, 5.41) is 0.166. The minimum Gasteiger partial charge on any atom is -0.243 e. The molecule has 0 atom stereocenters. The molecule has 0 radical (unpaired) electrons. The summed E-state index contributed by atoms with van der Waals surface area (Å²) in [4.78, 5) is 3.54. The van der Waals surface area contributed by atoms with E-state index < -0.39 is 34.8 Å². The lowest BCUT2D eigenvalue weighted by molar-refractivity contribution is -0.0876. The summed E-state index contributed by atoms with van der Waals surface area (Å²) in [5.74, 6) is -2.76. The van der Waals surface area contributed by atoms with Gasteiger partial charge in [-0.1, -0.05) is 11.6 Å². The van der Waals surface area contributed by atoms with Gasteiger partial charge in [0.2, 0.25) is 10.0 Å². The maximum absolute atomic E-state index is 12.6. The standard InChI is InChI=1S/C9H9ClF2N2O2S/c10-8-2-1-7(5-13-8)17(15,16)14-6-3-9(11,12)4-6/h1-2,5-6,14H,3-4H2. The monoisotopic (exact) mass is 282 g/mol. The van der Waals surface area contributed by atoms with Crippen molar-refractivity contribution in [3.05, 3.63) is 23.5 Å². The largest absolute Gasteiger partial charge is 0.251 e. The Morgan fingerprint density at radius 1 is 1.41 bits per heavy atom. The van der Waals surface area contributed by atoms with Gasteiger partial charge in [-0.05, 0) is 12.1 Å². The molecule has 1 aliphatic carbocycles. The van der Waals surface area contributed by atoms with Crippen LogP contribution in [0.1, 0.15) is 12.8 Å². The van der Waals surface area contributed by atoms with Crippen LogP contribution in [-0.4, -0.2) is 25.4 Å². The van der Waals surface area contributed by atoms with Crippen molar-refractivity contribution in [3.8, 4) is 0 Å². The third-order valence-electron chi connectivity index (χ3n) is 2.42. The number of halogens is 3. The van der Waals surface area contributed by atoms with E-state index in [0.717, 1.165) is 6.20 Å². The molecule has 1 N–H and O–H groups in total. The van der Waals surface area contributed by atoms with Crippen LogP contribution in [-0.2, 0) is 10.0 Å². The average Bonchev–Trinajstić information content (AvgIpc) is 2.14. The first-order valence-corrected chi connectivity index (χ1v) is 6.66. The van der Waals surface area contributed by atoms with Crippen molar-refractivity contribution in [1.82, 2.24) is 9.71 Å². The van der Waals surface area contributed by atoms with Crippen molar-refractivity contribution in [1.29, 1.82) is 0 Å². The van der Waals surface area contributed by atoms with Crippen LogP contribution in [0.2, 0.25) is 5.15 Å². The SMILES string of the molecule is O=S(=O)(NC1CC(F)(F)C1)c1ccc(Cl)nc1. The molecule has 4 nitrogen and oxygen atoms in total. The number of alkyl halides is 2. The number of nitrogens with zero attached hydrogens (tertiary/aromatic N) is 1. The highest BCUT2D eigenvalue weighted by Crippen LogP contribution is 2.37. The fourth-order valence-electron chi connectivity index (χ4n) is 1.55. The molecule has 0 saturated heterocycles. The summed E-state index contributed by atoms with van der Waals surface area (Å²) in [6, 6.07) is 1.88. The molecule has 1 aromatic rings. The number of rotatable bonds is 3. The molecule has 0 aliphatic heterocycles. The topological polar surface area (TPSA) is 59.1 Å². The summed E-state index contributed by atoms with van der Waals surface area (Å²) in [5.41, 5.74) is 0. The van der Waals surface area contributed by atoms with Crippen LogP contribution in [0.4, 0.5) is 8.78 Å². The number of hydrogen-bond acceptors (Lipinski definition) is 3. The Morgan fingerprint density at radius 2 is 2.06 bits per heavy atom. The fraction of sp³-hybridized carbons (Fsp3) is 0.444. The summed E-state index contributed by atoms with van der Waals surface area (Å²) < 4.78 is 50.7. The Morgan fingerprint density at radius 3 is 2.53 bits per heavy atom. The first-order valence-electron chi connectivity index (χ1n) is 4.80. The minimum absolute atomic E-state index is 0.0860. The predicted molar refractivity (Wildman–Crippen MR) is 57.5 cm³/mol. The third-order valence-corrected chi connectivity index (χ3v) is 4.15. The van der Waals surface area contributed by atoms with Crippen molar-refractivity contribution in [2.45, 2.75) is 29.7 Å². The van der Waals surface area contributed by atoms with Gasteiger partial charge in [-0.15, -0.1) is 0 Å². The van der Waals surface area contributed by atoms with E-state index in [0.29, 0.717) is 0 Å². The van der Waals surface area contributed by atoms with E-state index >= 15 is 0 Å². The molecule has 17 heavy (non-hydrogen) atoms. The van der Waals surface area contributed by atoms with Crippen LogP contribution in [0.3, 0.4) is 0 Å². The molecule has 0 spiro atoms. The maximum Gasteiger partial charge on any atom is 0.251 e. The lowest BCUT2D eigenvalue weighted by Gasteiger charge is -2.34. The molecule has 1 fully saturated rings. The minimum atomic E-state index is -3.79. The molecular weight excluding hydrogens is 274 g/mol. The van der Waals surface area contributed by atoms with Gasteiger partial charge < -0.3 is 0 Å². The highest BCUT2D eigenvalue weighted by molar-refractivity contribution is 7.89. The summed E-state index contributed by atoms with van der Waals surface area (Å²) in [6.45, 7) is 0. The number of pyridine rings is 1. The Balaban J connectivity index is 2.07. The Kier molecular flexibility index (Phi) is 3.09. The van der Waals surface area contributed by atoms with Gasteiger partial charge in [0.05, 0.1) is 0 Å². The van der Waals surface area contributed by atoms with Gasteiger partial charge in [-0.25, -0.2) is 26.9 Å². The molecule has 2 rings (SSSR count). The average molecular weight is 283 g/mol. The second-order valence-electron chi connectivity index (χ2n) is 3.90. The van der Waals surface area contributed by atoms with Crippen LogP contribution in [0.5, 0.6) is 0 Å². The fourth-order valence-corrected chi connectivity index (χ4v) is 2.85. The molecule has 1 heterocycles. The summed E-state index contributed by atoms with van der Waals surface area (Å²) in [6.07, 6.45) is 0.155. The molecule has 0 unspecified atom stereocenters. The first kappa shape index (κ1) is 12.7. The Labute approximate surface area is 102 Å². The van der Waals surface area contributed by atoms with Gasteiger partial charge >= 0.3 is 0 Å². The molecule has 94 valence electrons. The highest BCUT2D eigenvalue weighted by atomic mass is 35.5. The van der Waals surface area contributed by atoms with Gasteiger partial charge in [0.15, 0.2) is 0 Å². The van der Waals surface area contributed by atoms with Crippen molar-refractivity contribution < 1.29 is 17.2 Å². The second kappa shape index (κ2) is 4.15. The van der Waals surface area contributed by atoms with Crippen molar-refractivity contribution in [2.24, 2.45) is 0 Å². The van der Waals surface area contributed by atoms with Crippen LogP contribution in [0, 0.1) is 0 Å². The molecule has 8 heteroatoms.